The smallest absolute Gasteiger partial charge is 0.337 e. The molecule has 9 nitrogen and oxygen atoms in total. The third kappa shape index (κ3) is 6.27. The third-order valence-electron chi connectivity index (χ3n) is 6.06. The summed E-state index contributed by atoms with van der Waals surface area (Å²) in [5, 5.41) is 0. The maximum atomic E-state index is 4.54. The van der Waals surface area contributed by atoms with E-state index in [0.29, 0.717) is 0 Å². The maximum absolute atomic E-state index is 4.54. The first-order chi connectivity index (χ1) is 14.6. The number of hydrogen-bond acceptors (Lipinski definition) is 6. The number of aryl methyl sites for hydroxylation is 3. The zero-order valence-electron chi connectivity index (χ0n) is 18.7. The van der Waals surface area contributed by atoms with Gasteiger partial charge in [-0.2, -0.15) is 0 Å². The quantitative estimate of drug-likeness (QED) is 0.498. The molecular weight excluding hydrogens is 434 g/mol. The maximum Gasteiger partial charge on any atom is 4.00 e. The third-order valence-corrected chi connectivity index (χ3v) is 6.06. The topological polar surface area (TPSA) is 63.2 Å². The van der Waals surface area contributed by atoms with Crippen LogP contribution in [0.2, 0.25) is 0 Å². The van der Waals surface area contributed by atoms with Crippen molar-refractivity contribution >= 4 is 0 Å². The van der Waals surface area contributed by atoms with Crippen LogP contribution in [0.3, 0.4) is 0 Å². The minimum Gasteiger partial charge on any atom is -0.337 e. The van der Waals surface area contributed by atoms with E-state index in [1.807, 2.05) is 37.2 Å². The summed E-state index contributed by atoms with van der Waals surface area (Å²) in [5.74, 6) is 3.33. The largest absolute Gasteiger partial charge is 4.00 e. The first-order valence-corrected chi connectivity index (χ1v) is 10.6. The van der Waals surface area contributed by atoms with Gasteiger partial charge in [-0.25, -0.2) is 15.0 Å². The van der Waals surface area contributed by atoms with Gasteiger partial charge in [0.1, 0.15) is 17.5 Å². The predicted octanol–water partition coefficient (Wildman–Crippen LogP) is 0.705. The first kappa shape index (κ1) is 23.7. The van der Waals surface area contributed by atoms with Gasteiger partial charge in [-0.15, -0.1) is 0 Å². The Morgan fingerprint density at radius 2 is 0.806 bits per heavy atom. The van der Waals surface area contributed by atoms with Crippen molar-refractivity contribution in [3.8, 4) is 0 Å². The molecule has 1 fully saturated rings. The molecule has 4 rings (SSSR count). The van der Waals surface area contributed by atoms with Crippen LogP contribution in [0.1, 0.15) is 17.5 Å². The van der Waals surface area contributed by atoms with Gasteiger partial charge in [-0.05, 0) is 0 Å². The Morgan fingerprint density at radius 3 is 1.00 bits per heavy atom. The fraction of sp³-hybridized carbons (Fsp3) is 0.571. The SMILES string of the molecule is Cn1ccnc1CN1CCN(Cc2nccn2C)CCN(Cc2nccn2C)CC1.[Fe+4]. The van der Waals surface area contributed by atoms with Crippen molar-refractivity contribution in [1.29, 1.82) is 0 Å². The standard InChI is InChI=1S/C21H33N9.Fe/c1-25-7-4-22-19(25)16-28-10-12-29(17-20-23-5-8-26(20)2)14-15-30(13-11-28)18-21-24-6-9-27(21)3;/h4-9H,10-18H2,1-3H3;/q;+4. The molecule has 0 aliphatic carbocycles. The minimum atomic E-state index is 0. The Hall–Kier alpha value is -1.97. The van der Waals surface area contributed by atoms with Crippen LogP contribution in [0.4, 0.5) is 0 Å². The van der Waals surface area contributed by atoms with E-state index in [1.54, 1.807) is 0 Å². The number of rotatable bonds is 6. The molecule has 166 valence electrons. The van der Waals surface area contributed by atoms with Gasteiger partial charge in [0.2, 0.25) is 0 Å². The molecule has 4 heterocycles. The van der Waals surface area contributed by atoms with E-state index in [4.69, 9.17) is 0 Å². The molecule has 3 aromatic heterocycles. The summed E-state index contributed by atoms with van der Waals surface area (Å²) in [5.41, 5.74) is 0. The summed E-state index contributed by atoms with van der Waals surface area (Å²) < 4.78 is 6.35. The molecule has 0 unspecified atom stereocenters. The molecule has 1 saturated heterocycles. The van der Waals surface area contributed by atoms with E-state index in [2.05, 4.69) is 64.5 Å². The van der Waals surface area contributed by atoms with Gasteiger partial charge < -0.3 is 13.7 Å². The Morgan fingerprint density at radius 1 is 0.548 bits per heavy atom. The Balaban J connectivity index is 0.00000272. The summed E-state index contributed by atoms with van der Waals surface area (Å²) >= 11 is 0. The van der Waals surface area contributed by atoms with Crippen LogP contribution in [0.5, 0.6) is 0 Å². The van der Waals surface area contributed by atoms with Crippen LogP contribution in [-0.2, 0) is 57.8 Å². The number of imidazole rings is 3. The Bertz CT molecular complexity index is 799. The van der Waals surface area contributed by atoms with Crippen LogP contribution in [0.25, 0.3) is 0 Å². The molecule has 1 aliphatic heterocycles. The molecule has 0 amide bonds. The summed E-state index contributed by atoms with van der Waals surface area (Å²) in [6, 6.07) is 0. The van der Waals surface area contributed by atoms with E-state index < -0.39 is 0 Å². The fourth-order valence-electron chi connectivity index (χ4n) is 3.90. The van der Waals surface area contributed by atoms with Crippen molar-refractivity contribution in [1.82, 2.24) is 43.4 Å². The van der Waals surface area contributed by atoms with Gasteiger partial charge >= 0.3 is 17.1 Å². The van der Waals surface area contributed by atoms with Crippen molar-refractivity contribution in [2.45, 2.75) is 19.6 Å². The average Bonchev–Trinajstić information content (AvgIpc) is 3.44. The summed E-state index contributed by atoms with van der Waals surface area (Å²) in [4.78, 5) is 21.2. The molecule has 0 aromatic carbocycles. The van der Waals surface area contributed by atoms with E-state index in [0.717, 1.165) is 76.4 Å². The van der Waals surface area contributed by atoms with Crippen molar-refractivity contribution in [2.24, 2.45) is 21.1 Å². The number of hydrogen-bond donors (Lipinski definition) is 0. The van der Waals surface area contributed by atoms with E-state index in [-0.39, 0.29) is 17.1 Å². The summed E-state index contributed by atoms with van der Waals surface area (Å²) in [6.07, 6.45) is 11.7. The van der Waals surface area contributed by atoms with Crippen LogP contribution in [0, 0.1) is 0 Å². The molecule has 0 spiro atoms. The molecular formula is C21H33FeN9+4. The minimum absolute atomic E-state index is 0. The van der Waals surface area contributed by atoms with Gasteiger partial charge in [-0.3, -0.25) is 14.7 Å². The van der Waals surface area contributed by atoms with E-state index in [1.165, 1.54) is 0 Å². The second-order valence-corrected chi connectivity index (χ2v) is 8.19. The molecule has 0 N–H and O–H groups in total. The van der Waals surface area contributed by atoms with Gasteiger partial charge in [0.05, 0.1) is 19.6 Å². The fourth-order valence-corrected chi connectivity index (χ4v) is 3.90. The Labute approximate surface area is 195 Å². The molecule has 0 atom stereocenters. The van der Waals surface area contributed by atoms with Crippen LogP contribution < -0.4 is 0 Å². The molecule has 1 aliphatic rings. The van der Waals surface area contributed by atoms with Gasteiger partial charge in [0.25, 0.3) is 0 Å². The molecule has 31 heavy (non-hydrogen) atoms. The van der Waals surface area contributed by atoms with E-state index >= 15 is 0 Å². The molecule has 3 aromatic rings. The molecule has 0 saturated carbocycles. The zero-order valence-corrected chi connectivity index (χ0v) is 19.8. The normalized spacial score (nSPS) is 17.1. The van der Waals surface area contributed by atoms with Gasteiger partial charge in [0.15, 0.2) is 0 Å². The molecule has 0 bridgehead atoms. The van der Waals surface area contributed by atoms with Crippen molar-refractivity contribution < 1.29 is 17.1 Å². The number of aromatic nitrogens is 6. The second-order valence-electron chi connectivity index (χ2n) is 8.19. The van der Waals surface area contributed by atoms with Crippen LogP contribution in [0.15, 0.2) is 37.2 Å². The monoisotopic (exact) mass is 467 g/mol. The van der Waals surface area contributed by atoms with Gasteiger partial charge in [-0.1, -0.05) is 0 Å². The number of nitrogens with zero attached hydrogens (tertiary/aromatic N) is 9. The van der Waals surface area contributed by atoms with Gasteiger partial charge in [0, 0.05) is 97.6 Å². The van der Waals surface area contributed by atoms with E-state index in [9.17, 15) is 0 Å². The van der Waals surface area contributed by atoms with Crippen molar-refractivity contribution in [2.75, 3.05) is 39.3 Å². The van der Waals surface area contributed by atoms with Crippen LogP contribution >= 0.6 is 0 Å². The molecule has 10 heteroatoms. The predicted molar refractivity (Wildman–Crippen MR) is 115 cm³/mol. The zero-order chi connectivity index (χ0) is 20.9. The van der Waals surface area contributed by atoms with Crippen LogP contribution in [-0.4, -0.2) is 82.6 Å². The summed E-state index contributed by atoms with van der Waals surface area (Å²) in [7, 11) is 6.21. The van der Waals surface area contributed by atoms with Crippen molar-refractivity contribution in [3.63, 3.8) is 0 Å². The average molecular weight is 467 g/mol. The van der Waals surface area contributed by atoms with Crippen molar-refractivity contribution in [3.05, 3.63) is 54.7 Å². The summed E-state index contributed by atoms with van der Waals surface area (Å²) in [6.45, 7) is 8.74. The first-order valence-electron chi connectivity index (χ1n) is 10.6. The second kappa shape index (κ2) is 11.1. The molecule has 0 radical (unpaired) electrons. The Kier molecular flexibility index (Phi) is 8.45.